The molecule has 2 amide bonds. The van der Waals surface area contributed by atoms with Gasteiger partial charge in [0.05, 0.1) is 10.9 Å². The van der Waals surface area contributed by atoms with Crippen LogP contribution in [0.3, 0.4) is 0 Å². The molecule has 2 rings (SSSR count). The first-order valence-electron chi connectivity index (χ1n) is 7.86. The van der Waals surface area contributed by atoms with Crippen LogP contribution in [-0.2, 0) is 17.3 Å². The van der Waals surface area contributed by atoms with Crippen molar-refractivity contribution in [2.24, 2.45) is 0 Å². The summed E-state index contributed by atoms with van der Waals surface area (Å²) in [4.78, 5) is 12.1. The van der Waals surface area contributed by atoms with E-state index in [2.05, 4.69) is 15.8 Å². The van der Waals surface area contributed by atoms with Crippen molar-refractivity contribution in [2.45, 2.75) is 64.3 Å². The molecular formula is C15H25N3O3S. The predicted octanol–water partition coefficient (Wildman–Crippen LogP) is 2.17. The van der Waals surface area contributed by atoms with Gasteiger partial charge in [-0.1, -0.05) is 24.9 Å². The number of hydrogen-bond donors (Lipinski definition) is 2. The minimum absolute atomic E-state index is 0.000739. The van der Waals surface area contributed by atoms with Gasteiger partial charge >= 0.3 is 6.03 Å². The average Bonchev–Trinajstić information content (AvgIpc) is 2.83. The van der Waals surface area contributed by atoms with E-state index in [9.17, 15) is 9.00 Å². The summed E-state index contributed by atoms with van der Waals surface area (Å²) in [5, 5.41) is 9.78. The molecule has 0 saturated heterocycles. The zero-order valence-electron chi connectivity index (χ0n) is 13.5. The molecule has 1 fully saturated rings. The van der Waals surface area contributed by atoms with Crippen LogP contribution in [0.25, 0.3) is 0 Å². The third-order valence-corrected chi connectivity index (χ3v) is 6.06. The van der Waals surface area contributed by atoms with Crippen LogP contribution in [0.15, 0.2) is 4.52 Å². The van der Waals surface area contributed by atoms with Gasteiger partial charge < -0.3 is 15.2 Å². The number of urea groups is 1. The first-order valence-corrected chi connectivity index (χ1v) is 9.24. The maximum atomic E-state index is 12.1. The van der Waals surface area contributed by atoms with Crippen LogP contribution in [0, 0.1) is 13.8 Å². The van der Waals surface area contributed by atoms with Crippen molar-refractivity contribution in [1.82, 2.24) is 15.8 Å². The van der Waals surface area contributed by atoms with Crippen molar-refractivity contribution in [2.75, 3.05) is 5.75 Å². The SMILES string of the molecule is CC[S@@](=O)[C@H]1CCCC[C@@H]1NC(=O)NCc1c(C)noc1C. The monoisotopic (exact) mass is 327 g/mol. The van der Waals surface area contributed by atoms with Crippen molar-refractivity contribution < 1.29 is 13.5 Å². The number of rotatable bonds is 5. The van der Waals surface area contributed by atoms with E-state index in [-0.39, 0.29) is 17.3 Å². The van der Waals surface area contributed by atoms with Crippen LogP contribution < -0.4 is 10.6 Å². The topological polar surface area (TPSA) is 84.2 Å². The molecule has 7 heteroatoms. The first-order chi connectivity index (χ1) is 10.5. The van der Waals surface area contributed by atoms with E-state index in [0.29, 0.717) is 12.3 Å². The van der Waals surface area contributed by atoms with Crippen LogP contribution >= 0.6 is 0 Å². The molecule has 0 unspecified atom stereocenters. The molecule has 1 aliphatic carbocycles. The maximum Gasteiger partial charge on any atom is 0.315 e. The second-order valence-electron chi connectivity index (χ2n) is 5.73. The third-order valence-electron chi connectivity index (χ3n) is 4.25. The van der Waals surface area contributed by atoms with Gasteiger partial charge in [0.25, 0.3) is 0 Å². The first kappa shape index (κ1) is 17.0. The van der Waals surface area contributed by atoms with Gasteiger partial charge in [0.15, 0.2) is 0 Å². The number of nitrogens with zero attached hydrogens (tertiary/aromatic N) is 1. The van der Waals surface area contributed by atoms with Gasteiger partial charge in [-0.05, 0) is 26.7 Å². The number of amides is 2. The molecule has 6 nitrogen and oxygen atoms in total. The van der Waals surface area contributed by atoms with Gasteiger partial charge in [-0.3, -0.25) is 4.21 Å². The molecule has 3 atom stereocenters. The lowest BCUT2D eigenvalue weighted by Crippen LogP contribution is -2.50. The lowest BCUT2D eigenvalue weighted by Gasteiger charge is -2.31. The predicted molar refractivity (Wildman–Crippen MR) is 86.1 cm³/mol. The Morgan fingerprint density at radius 2 is 2.09 bits per heavy atom. The molecule has 0 radical (unpaired) electrons. The molecule has 2 N–H and O–H groups in total. The Bertz CT molecular complexity index is 525. The molecule has 124 valence electrons. The summed E-state index contributed by atoms with van der Waals surface area (Å²) in [6.45, 7) is 6.00. The number of hydrogen-bond acceptors (Lipinski definition) is 4. The highest BCUT2D eigenvalue weighted by Gasteiger charge is 2.30. The highest BCUT2D eigenvalue weighted by Crippen LogP contribution is 2.23. The Hall–Kier alpha value is -1.37. The number of aromatic nitrogens is 1. The Kier molecular flexibility index (Phi) is 5.99. The van der Waals surface area contributed by atoms with Crippen molar-refractivity contribution in [3.05, 3.63) is 17.0 Å². The quantitative estimate of drug-likeness (QED) is 0.868. The fraction of sp³-hybridized carbons (Fsp3) is 0.733. The molecule has 1 aliphatic rings. The lowest BCUT2D eigenvalue weighted by atomic mass is 9.95. The van der Waals surface area contributed by atoms with Gasteiger partial charge in [-0.25, -0.2) is 4.79 Å². The fourth-order valence-electron chi connectivity index (χ4n) is 2.93. The number of nitrogens with one attached hydrogen (secondary N) is 2. The number of aryl methyl sites for hydroxylation is 2. The van der Waals surface area contributed by atoms with Crippen LogP contribution in [0.2, 0.25) is 0 Å². The van der Waals surface area contributed by atoms with Gasteiger partial charge in [-0.15, -0.1) is 0 Å². The minimum Gasteiger partial charge on any atom is -0.361 e. The minimum atomic E-state index is -0.868. The average molecular weight is 327 g/mol. The van der Waals surface area contributed by atoms with E-state index in [0.717, 1.165) is 42.7 Å². The van der Waals surface area contributed by atoms with Crippen LogP contribution in [0.1, 0.15) is 49.6 Å². The summed E-state index contributed by atoms with van der Waals surface area (Å²) in [5.74, 6) is 1.37. The zero-order valence-corrected chi connectivity index (χ0v) is 14.3. The Labute approximate surface area is 133 Å². The molecule has 1 heterocycles. The summed E-state index contributed by atoms with van der Waals surface area (Å²) >= 11 is 0. The van der Waals surface area contributed by atoms with Crippen molar-refractivity contribution in [1.29, 1.82) is 0 Å². The summed E-state index contributed by atoms with van der Waals surface area (Å²) in [6.07, 6.45) is 3.99. The molecule has 0 aliphatic heterocycles. The van der Waals surface area contributed by atoms with E-state index >= 15 is 0 Å². The standard InChI is InChI=1S/C15H25N3O3S/c1-4-22(20)14-8-6-5-7-13(14)17-15(19)16-9-12-10(2)18-21-11(12)3/h13-14H,4-9H2,1-3H3,(H2,16,17,19)/t13-,14-,22+/m0/s1. The third kappa shape index (κ3) is 4.09. The molecule has 22 heavy (non-hydrogen) atoms. The lowest BCUT2D eigenvalue weighted by molar-refractivity contribution is 0.232. The second kappa shape index (κ2) is 7.76. The smallest absolute Gasteiger partial charge is 0.315 e. The van der Waals surface area contributed by atoms with Crippen LogP contribution in [-0.4, -0.2) is 32.4 Å². The number of carbonyl (C=O) groups is 1. The van der Waals surface area contributed by atoms with Crippen LogP contribution in [0.5, 0.6) is 0 Å². The summed E-state index contributed by atoms with van der Waals surface area (Å²) in [7, 11) is -0.868. The Balaban J connectivity index is 1.89. The van der Waals surface area contributed by atoms with Crippen molar-refractivity contribution in [3.63, 3.8) is 0 Å². The highest BCUT2D eigenvalue weighted by molar-refractivity contribution is 7.85. The van der Waals surface area contributed by atoms with Gasteiger partial charge in [0.2, 0.25) is 0 Å². The fourth-order valence-corrected chi connectivity index (χ4v) is 4.36. The van der Waals surface area contributed by atoms with Crippen molar-refractivity contribution in [3.8, 4) is 0 Å². The molecule has 0 bridgehead atoms. The van der Waals surface area contributed by atoms with Gasteiger partial charge in [-0.2, -0.15) is 0 Å². The van der Waals surface area contributed by atoms with E-state index in [1.807, 2.05) is 20.8 Å². The molecule has 0 aromatic carbocycles. The van der Waals surface area contributed by atoms with E-state index in [1.54, 1.807) is 0 Å². The number of carbonyl (C=O) groups excluding carboxylic acids is 1. The summed E-state index contributed by atoms with van der Waals surface area (Å²) in [5.41, 5.74) is 1.70. The van der Waals surface area contributed by atoms with Crippen molar-refractivity contribution >= 4 is 16.8 Å². The normalized spacial score (nSPS) is 23.0. The second-order valence-corrected chi connectivity index (χ2v) is 7.67. The highest BCUT2D eigenvalue weighted by atomic mass is 32.2. The van der Waals surface area contributed by atoms with E-state index in [1.165, 1.54) is 0 Å². The van der Waals surface area contributed by atoms with Gasteiger partial charge in [0, 0.05) is 34.7 Å². The van der Waals surface area contributed by atoms with Gasteiger partial charge in [0.1, 0.15) is 5.76 Å². The molecular weight excluding hydrogens is 302 g/mol. The summed E-state index contributed by atoms with van der Waals surface area (Å²) in [6, 6.07) is -0.218. The van der Waals surface area contributed by atoms with E-state index in [4.69, 9.17) is 4.52 Å². The Morgan fingerprint density at radius 1 is 1.36 bits per heavy atom. The molecule has 1 aromatic rings. The largest absolute Gasteiger partial charge is 0.361 e. The van der Waals surface area contributed by atoms with E-state index < -0.39 is 10.8 Å². The maximum absolute atomic E-state index is 12.1. The summed E-state index contributed by atoms with van der Waals surface area (Å²) < 4.78 is 17.2. The molecule has 1 saturated carbocycles. The Morgan fingerprint density at radius 3 is 2.73 bits per heavy atom. The zero-order chi connectivity index (χ0) is 16.1. The van der Waals surface area contributed by atoms with Crippen LogP contribution in [0.4, 0.5) is 4.79 Å². The molecule has 0 spiro atoms. The molecule has 1 aromatic heterocycles.